The van der Waals surface area contributed by atoms with E-state index in [1.807, 2.05) is 0 Å². The number of H-pyrrole nitrogens is 1. The summed E-state index contributed by atoms with van der Waals surface area (Å²) in [5.41, 5.74) is 0.766. The second kappa shape index (κ2) is 6.68. The fourth-order valence-electron chi connectivity index (χ4n) is 2.38. The Morgan fingerprint density at radius 3 is 2.42 bits per heavy atom. The Hall–Kier alpha value is -2.29. The summed E-state index contributed by atoms with van der Waals surface area (Å²) >= 11 is 0. The van der Waals surface area contributed by atoms with Gasteiger partial charge in [-0.3, -0.25) is 4.79 Å². The van der Waals surface area contributed by atoms with Gasteiger partial charge in [0.1, 0.15) is 10.7 Å². The number of halogens is 2. The van der Waals surface area contributed by atoms with Crippen LogP contribution in [-0.4, -0.2) is 18.6 Å². The summed E-state index contributed by atoms with van der Waals surface area (Å²) in [7, 11) is -4.10. The molecule has 2 aromatic carbocycles. The van der Waals surface area contributed by atoms with Crippen molar-refractivity contribution in [2.24, 2.45) is 5.14 Å². The number of nitrogens with two attached hydrogens (primary N) is 1. The van der Waals surface area contributed by atoms with Crippen molar-refractivity contribution in [2.75, 3.05) is 0 Å². The van der Waals surface area contributed by atoms with E-state index >= 15 is 0 Å². The number of aromatic nitrogens is 2. The van der Waals surface area contributed by atoms with E-state index in [4.69, 9.17) is 5.14 Å². The Morgan fingerprint density at radius 2 is 1.79 bits per heavy atom. The number of sulfonamides is 1. The van der Waals surface area contributed by atoms with Gasteiger partial charge < -0.3 is 0 Å². The maximum absolute atomic E-state index is 13.9. The first kappa shape index (κ1) is 18.1. The molecular formula is C15H13ClFN3O3S. The van der Waals surface area contributed by atoms with Gasteiger partial charge in [-0.1, -0.05) is 24.3 Å². The first-order valence-electron chi connectivity index (χ1n) is 6.64. The molecule has 0 radical (unpaired) electrons. The number of hydrogen-bond donors (Lipinski definition) is 2. The van der Waals surface area contributed by atoms with E-state index < -0.39 is 20.7 Å². The second-order valence-electron chi connectivity index (χ2n) is 5.03. The normalized spacial score (nSPS) is 11.2. The highest BCUT2D eigenvalue weighted by atomic mass is 35.5. The van der Waals surface area contributed by atoms with Gasteiger partial charge in [0.15, 0.2) is 0 Å². The molecule has 0 unspecified atom stereocenters. The average molecular weight is 370 g/mol. The SMILES string of the molecule is Cl.NS(=O)(=O)c1ccc(Cc2n[nH]c(=O)c3ccccc23)cc1F. The van der Waals surface area contributed by atoms with E-state index in [0.717, 1.165) is 12.1 Å². The second-order valence-corrected chi connectivity index (χ2v) is 6.56. The van der Waals surface area contributed by atoms with Crippen LogP contribution in [0.2, 0.25) is 0 Å². The van der Waals surface area contributed by atoms with Crippen LogP contribution in [0.4, 0.5) is 4.39 Å². The molecule has 0 aliphatic carbocycles. The van der Waals surface area contributed by atoms with Gasteiger partial charge in [0.2, 0.25) is 10.0 Å². The van der Waals surface area contributed by atoms with Crippen molar-refractivity contribution in [1.29, 1.82) is 0 Å². The zero-order valence-electron chi connectivity index (χ0n) is 12.2. The van der Waals surface area contributed by atoms with Crippen molar-refractivity contribution in [3.05, 3.63) is 69.9 Å². The van der Waals surface area contributed by atoms with Gasteiger partial charge in [-0.15, -0.1) is 12.4 Å². The Labute approximate surface area is 143 Å². The van der Waals surface area contributed by atoms with Gasteiger partial charge >= 0.3 is 0 Å². The monoisotopic (exact) mass is 369 g/mol. The molecular weight excluding hydrogens is 357 g/mol. The maximum atomic E-state index is 13.9. The molecule has 9 heteroatoms. The number of rotatable bonds is 3. The maximum Gasteiger partial charge on any atom is 0.272 e. The van der Waals surface area contributed by atoms with Gasteiger partial charge in [-0.2, -0.15) is 5.10 Å². The quantitative estimate of drug-likeness (QED) is 0.733. The molecule has 3 aromatic rings. The molecule has 0 aliphatic rings. The lowest BCUT2D eigenvalue weighted by Crippen LogP contribution is -2.14. The number of fused-ring (bicyclic) bond motifs is 1. The smallest absolute Gasteiger partial charge is 0.267 e. The molecule has 0 bridgehead atoms. The topological polar surface area (TPSA) is 106 Å². The van der Waals surface area contributed by atoms with Crippen molar-refractivity contribution in [3.63, 3.8) is 0 Å². The van der Waals surface area contributed by atoms with Crippen LogP contribution in [0.25, 0.3) is 10.8 Å². The molecule has 0 saturated heterocycles. The number of aromatic amines is 1. The minimum absolute atomic E-state index is 0. The zero-order chi connectivity index (χ0) is 16.6. The van der Waals surface area contributed by atoms with Crippen molar-refractivity contribution in [1.82, 2.24) is 10.2 Å². The van der Waals surface area contributed by atoms with E-state index in [-0.39, 0.29) is 24.4 Å². The van der Waals surface area contributed by atoms with Crippen molar-refractivity contribution >= 4 is 33.2 Å². The first-order valence-corrected chi connectivity index (χ1v) is 8.18. The lowest BCUT2D eigenvalue weighted by atomic mass is 10.0. The third-order valence-electron chi connectivity index (χ3n) is 3.45. The summed E-state index contributed by atoms with van der Waals surface area (Å²) in [5.74, 6) is -0.918. The number of benzene rings is 2. The summed E-state index contributed by atoms with van der Waals surface area (Å²) in [6.07, 6.45) is 0.235. The summed E-state index contributed by atoms with van der Waals surface area (Å²) in [5, 5.41) is 12.5. The van der Waals surface area contributed by atoms with Crippen molar-refractivity contribution in [2.45, 2.75) is 11.3 Å². The largest absolute Gasteiger partial charge is 0.272 e. The van der Waals surface area contributed by atoms with Crippen LogP contribution < -0.4 is 10.7 Å². The predicted molar refractivity (Wildman–Crippen MR) is 90.2 cm³/mol. The average Bonchev–Trinajstić information content (AvgIpc) is 2.49. The van der Waals surface area contributed by atoms with Crippen LogP contribution >= 0.6 is 12.4 Å². The summed E-state index contributed by atoms with van der Waals surface area (Å²) in [4.78, 5) is 11.2. The number of hydrogen-bond acceptors (Lipinski definition) is 4. The molecule has 24 heavy (non-hydrogen) atoms. The van der Waals surface area contributed by atoms with Gasteiger partial charge in [0.05, 0.1) is 11.1 Å². The van der Waals surface area contributed by atoms with Crippen LogP contribution in [0.1, 0.15) is 11.3 Å². The first-order chi connectivity index (χ1) is 10.9. The molecule has 1 aromatic heterocycles. The molecule has 0 atom stereocenters. The Balaban J connectivity index is 0.00000208. The van der Waals surface area contributed by atoms with E-state index in [9.17, 15) is 17.6 Å². The lowest BCUT2D eigenvalue weighted by molar-refractivity contribution is 0.567. The van der Waals surface area contributed by atoms with E-state index in [1.54, 1.807) is 24.3 Å². The molecule has 6 nitrogen and oxygen atoms in total. The van der Waals surface area contributed by atoms with E-state index in [2.05, 4.69) is 10.2 Å². The molecule has 3 N–H and O–H groups in total. The minimum Gasteiger partial charge on any atom is -0.267 e. The van der Waals surface area contributed by atoms with Crippen LogP contribution in [-0.2, 0) is 16.4 Å². The molecule has 0 amide bonds. The molecule has 0 aliphatic heterocycles. The zero-order valence-corrected chi connectivity index (χ0v) is 13.8. The van der Waals surface area contributed by atoms with Gasteiger partial charge in [-0.05, 0) is 23.8 Å². The highest BCUT2D eigenvalue weighted by Crippen LogP contribution is 2.19. The molecule has 3 rings (SSSR count). The van der Waals surface area contributed by atoms with Crippen LogP contribution in [0, 0.1) is 5.82 Å². The molecule has 0 saturated carbocycles. The molecule has 0 fully saturated rings. The Bertz CT molecular complexity index is 1070. The van der Waals surface area contributed by atoms with Crippen LogP contribution in [0.5, 0.6) is 0 Å². The van der Waals surface area contributed by atoms with Gasteiger partial charge in [0.25, 0.3) is 5.56 Å². The fourth-order valence-corrected chi connectivity index (χ4v) is 2.97. The molecule has 0 spiro atoms. The minimum atomic E-state index is -4.10. The van der Waals surface area contributed by atoms with E-state index in [0.29, 0.717) is 22.0 Å². The molecule has 126 valence electrons. The third kappa shape index (κ3) is 3.45. The van der Waals surface area contributed by atoms with Crippen molar-refractivity contribution in [3.8, 4) is 0 Å². The lowest BCUT2D eigenvalue weighted by Gasteiger charge is -2.07. The molecule has 1 heterocycles. The highest BCUT2D eigenvalue weighted by Gasteiger charge is 2.15. The standard InChI is InChI=1S/C15H12FN3O3S.ClH/c16-12-7-9(5-6-14(12)23(17,21)22)8-13-10-3-1-2-4-11(10)15(20)19-18-13;/h1-7H,8H2,(H,19,20)(H2,17,21,22);1H. The highest BCUT2D eigenvalue weighted by molar-refractivity contribution is 7.89. The summed E-state index contributed by atoms with van der Waals surface area (Å²) < 4.78 is 36.3. The Kier molecular flexibility index (Phi) is 5.02. The fraction of sp³-hybridized carbons (Fsp3) is 0.0667. The predicted octanol–water partition coefficient (Wildman–Crippen LogP) is 1.72. The van der Waals surface area contributed by atoms with Gasteiger partial charge in [0, 0.05) is 11.8 Å². The summed E-state index contributed by atoms with van der Waals surface area (Å²) in [6, 6.07) is 10.6. The summed E-state index contributed by atoms with van der Waals surface area (Å²) in [6.45, 7) is 0. The number of nitrogens with zero attached hydrogens (tertiary/aromatic N) is 1. The van der Waals surface area contributed by atoms with E-state index in [1.165, 1.54) is 6.07 Å². The number of primary sulfonamides is 1. The number of nitrogens with one attached hydrogen (secondary N) is 1. The van der Waals surface area contributed by atoms with Crippen molar-refractivity contribution < 1.29 is 12.8 Å². The Morgan fingerprint density at radius 1 is 1.12 bits per heavy atom. The van der Waals surface area contributed by atoms with Crippen LogP contribution in [0.15, 0.2) is 52.2 Å². The van der Waals surface area contributed by atoms with Crippen LogP contribution in [0.3, 0.4) is 0 Å². The van der Waals surface area contributed by atoms with Gasteiger partial charge in [-0.25, -0.2) is 23.0 Å². The third-order valence-corrected chi connectivity index (χ3v) is 4.39.